The highest BCUT2D eigenvalue weighted by Gasteiger charge is 2.26. The molecule has 0 N–H and O–H groups in total. The summed E-state index contributed by atoms with van der Waals surface area (Å²) < 4.78 is 2.23. The van der Waals surface area contributed by atoms with E-state index in [1.54, 1.807) is 0 Å². The minimum absolute atomic E-state index is 0.388. The van der Waals surface area contributed by atoms with Gasteiger partial charge in [-0.3, -0.25) is 0 Å². The van der Waals surface area contributed by atoms with Crippen molar-refractivity contribution in [3.8, 4) is 108 Å². The SMILES string of the molecule is [C-]#[N+]c1ccccc1-c1ccc2c(c1)c1cc(-c3ccccc3C#N)ccc1n2-c1c(-c2cc(-c3ccccc3)nc(-c3ccccc3)n2)cc(C#N)cc1-c1nc(-c2ccccc2)cc(-c2ccccc2)n1. The highest BCUT2D eigenvalue weighted by Crippen LogP contribution is 2.45. The van der Waals surface area contributed by atoms with Crippen LogP contribution in [0.1, 0.15) is 11.1 Å². The van der Waals surface area contributed by atoms with Crippen molar-refractivity contribution in [1.29, 1.82) is 10.5 Å². The molecule has 0 bridgehead atoms. The molecule has 0 fully saturated rings. The molecule has 0 spiro atoms. The Morgan fingerprint density at radius 1 is 0.370 bits per heavy atom. The zero-order valence-corrected chi connectivity index (χ0v) is 39.0. The monoisotopic (exact) mass is 930 g/mol. The summed E-state index contributed by atoms with van der Waals surface area (Å²) >= 11 is 0. The summed E-state index contributed by atoms with van der Waals surface area (Å²) in [7, 11) is 0. The fourth-order valence-corrected chi connectivity index (χ4v) is 9.69. The molecule has 73 heavy (non-hydrogen) atoms. The number of nitriles is 2. The maximum atomic E-state index is 11.1. The molecule has 8 heteroatoms. The van der Waals surface area contributed by atoms with Crippen molar-refractivity contribution in [2.45, 2.75) is 0 Å². The number of hydrogen-bond donors (Lipinski definition) is 0. The number of nitrogens with zero attached hydrogens (tertiary/aromatic N) is 8. The van der Waals surface area contributed by atoms with E-state index in [4.69, 9.17) is 26.5 Å². The van der Waals surface area contributed by atoms with Crippen molar-refractivity contribution in [1.82, 2.24) is 24.5 Å². The lowest BCUT2D eigenvalue weighted by molar-refractivity contribution is 1.13. The van der Waals surface area contributed by atoms with Gasteiger partial charge in [0.15, 0.2) is 17.3 Å². The highest BCUT2D eigenvalue weighted by atomic mass is 15.0. The predicted octanol–water partition coefficient (Wildman–Crippen LogP) is 16.0. The third-order valence-electron chi connectivity index (χ3n) is 13.1. The fourth-order valence-electron chi connectivity index (χ4n) is 9.69. The summed E-state index contributed by atoms with van der Waals surface area (Å²) in [6.45, 7) is 8.08. The van der Waals surface area contributed by atoms with Gasteiger partial charge in [-0.15, -0.1) is 0 Å². The second-order valence-electron chi connectivity index (χ2n) is 17.5. The van der Waals surface area contributed by atoms with Crippen LogP contribution in [-0.2, 0) is 0 Å². The van der Waals surface area contributed by atoms with Gasteiger partial charge in [0, 0.05) is 44.2 Å². The molecule has 0 aliphatic heterocycles. The molecule has 0 radical (unpaired) electrons. The minimum Gasteiger partial charge on any atom is -0.308 e. The molecule has 12 rings (SSSR count). The molecule has 8 nitrogen and oxygen atoms in total. The van der Waals surface area contributed by atoms with Gasteiger partial charge < -0.3 is 4.57 Å². The Balaban J connectivity index is 1.24. The van der Waals surface area contributed by atoms with Crippen LogP contribution in [0, 0.1) is 29.2 Å². The fraction of sp³-hybridized carbons (Fsp3) is 0. The molecule has 0 aliphatic carbocycles. The molecule has 338 valence electrons. The van der Waals surface area contributed by atoms with Gasteiger partial charge in [0.25, 0.3) is 0 Å². The molecule has 0 saturated heterocycles. The van der Waals surface area contributed by atoms with Gasteiger partial charge in [-0.1, -0.05) is 176 Å². The first-order valence-corrected chi connectivity index (χ1v) is 23.7. The van der Waals surface area contributed by atoms with Gasteiger partial charge in [-0.05, 0) is 76.9 Å². The highest BCUT2D eigenvalue weighted by molar-refractivity contribution is 6.13. The molecule has 3 aromatic heterocycles. The minimum atomic E-state index is 0.388. The third-order valence-corrected chi connectivity index (χ3v) is 13.1. The number of hydrogen-bond acceptors (Lipinski definition) is 6. The lowest BCUT2D eigenvalue weighted by atomic mass is 9.97. The van der Waals surface area contributed by atoms with Crippen LogP contribution >= 0.6 is 0 Å². The Morgan fingerprint density at radius 2 is 0.822 bits per heavy atom. The molecule has 12 aromatic rings. The normalized spacial score (nSPS) is 11.0. The van der Waals surface area contributed by atoms with Crippen LogP contribution < -0.4 is 0 Å². The summed E-state index contributed by atoms with van der Waals surface area (Å²) in [5.74, 6) is 0.929. The van der Waals surface area contributed by atoms with E-state index < -0.39 is 0 Å². The Bertz CT molecular complexity index is 3840. The molecular formula is C65H38N8. The molecule has 9 aromatic carbocycles. The van der Waals surface area contributed by atoms with Crippen molar-refractivity contribution in [3.63, 3.8) is 0 Å². The number of para-hydroxylation sites is 1. The van der Waals surface area contributed by atoms with Crippen molar-refractivity contribution < 1.29 is 0 Å². The predicted molar refractivity (Wildman–Crippen MR) is 291 cm³/mol. The van der Waals surface area contributed by atoms with Crippen LogP contribution in [0.15, 0.2) is 231 Å². The second kappa shape index (κ2) is 18.7. The van der Waals surface area contributed by atoms with Crippen LogP contribution in [0.4, 0.5) is 5.69 Å². The first kappa shape index (κ1) is 43.7. The first-order chi connectivity index (χ1) is 36.0. The Morgan fingerprint density at radius 3 is 1.37 bits per heavy atom. The van der Waals surface area contributed by atoms with E-state index in [0.29, 0.717) is 68.1 Å². The van der Waals surface area contributed by atoms with Crippen molar-refractivity contribution in [2.24, 2.45) is 0 Å². The summed E-state index contributed by atoms with van der Waals surface area (Å²) in [5, 5.41) is 23.2. The lowest BCUT2D eigenvalue weighted by Crippen LogP contribution is -2.06. The maximum Gasteiger partial charge on any atom is 0.194 e. The van der Waals surface area contributed by atoms with Gasteiger partial charge in [0.05, 0.1) is 69.3 Å². The van der Waals surface area contributed by atoms with Crippen LogP contribution in [0.3, 0.4) is 0 Å². The number of rotatable bonds is 9. The van der Waals surface area contributed by atoms with E-state index in [0.717, 1.165) is 66.3 Å². The van der Waals surface area contributed by atoms with E-state index in [1.165, 1.54) is 0 Å². The number of benzene rings is 9. The lowest BCUT2D eigenvalue weighted by Gasteiger charge is -2.20. The average molecular weight is 931 g/mol. The molecule has 0 amide bonds. The first-order valence-electron chi connectivity index (χ1n) is 23.7. The average Bonchev–Trinajstić information content (AvgIpc) is 3.80. The summed E-state index contributed by atoms with van der Waals surface area (Å²) in [4.78, 5) is 25.2. The number of aromatic nitrogens is 5. The van der Waals surface area contributed by atoms with Crippen molar-refractivity contribution in [3.05, 3.63) is 253 Å². The van der Waals surface area contributed by atoms with Crippen LogP contribution in [0.5, 0.6) is 0 Å². The van der Waals surface area contributed by atoms with E-state index >= 15 is 0 Å². The van der Waals surface area contributed by atoms with Crippen LogP contribution in [-0.4, -0.2) is 24.5 Å². The topological polar surface area (TPSA) is 108 Å². The summed E-state index contributed by atoms with van der Waals surface area (Å²) in [6.07, 6.45) is 0. The standard InChI is InChI=1S/C65H38N8/c1-68-56-29-17-16-28-51(56)48-31-33-62-53(37-48)52-36-47(50-27-15-14-26-49(50)41-67)30-32-61(52)73(62)63-54(60-39-59(45-22-10-4-11-23-45)69-64(72-60)46-24-12-5-13-25-46)34-42(40-66)35-55(63)65-70-57(43-18-6-2-7-19-43)38-58(71-65)44-20-8-3-9-21-44/h2-39H. The quantitative estimate of drug-likeness (QED) is 0.133. The Hall–Kier alpha value is -10.6. The van der Waals surface area contributed by atoms with Gasteiger partial charge in [0.2, 0.25) is 0 Å². The molecule has 3 heterocycles. The van der Waals surface area contributed by atoms with E-state index in [9.17, 15) is 10.5 Å². The second-order valence-corrected chi connectivity index (χ2v) is 17.5. The largest absolute Gasteiger partial charge is 0.308 e. The molecular weight excluding hydrogens is 893 g/mol. The van der Waals surface area contributed by atoms with E-state index in [-0.39, 0.29) is 0 Å². The number of fused-ring (bicyclic) bond motifs is 3. The summed E-state index contributed by atoms with van der Waals surface area (Å²) in [5.41, 5.74) is 14.8. The molecule has 0 atom stereocenters. The van der Waals surface area contributed by atoms with Gasteiger partial charge in [0.1, 0.15) is 0 Å². The van der Waals surface area contributed by atoms with Gasteiger partial charge in [-0.25, -0.2) is 24.8 Å². The maximum absolute atomic E-state index is 11.1. The van der Waals surface area contributed by atoms with Crippen LogP contribution in [0.2, 0.25) is 0 Å². The van der Waals surface area contributed by atoms with Crippen molar-refractivity contribution in [2.75, 3.05) is 0 Å². The molecule has 0 aliphatic rings. The van der Waals surface area contributed by atoms with Gasteiger partial charge >= 0.3 is 0 Å². The zero-order chi connectivity index (χ0) is 49.3. The Labute approximate surface area is 421 Å². The third kappa shape index (κ3) is 8.12. The molecule has 0 saturated carbocycles. The Kier molecular flexibility index (Phi) is 11.2. The smallest absolute Gasteiger partial charge is 0.194 e. The summed E-state index contributed by atoms with van der Waals surface area (Å²) in [6, 6.07) is 80.6. The molecule has 0 unspecified atom stereocenters. The zero-order valence-electron chi connectivity index (χ0n) is 39.0. The van der Waals surface area contributed by atoms with Gasteiger partial charge in [-0.2, -0.15) is 10.5 Å². The van der Waals surface area contributed by atoms with Crippen LogP contribution in [0.25, 0.3) is 122 Å². The van der Waals surface area contributed by atoms with E-state index in [1.807, 2.05) is 194 Å². The van der Waals surface area contributed by atoms with Crippen molar-refractivity contribution >= 4 is 27.5 Å². The van der Waals surface area contributed by atoms with E-state index in [2.05, 4.69) is 57.9 Å².